The van der Waals surface area contributed by atoms with E-state index in [1.54, 1.807) is 36.4 Å². The number of benzene rings is 2. The number of aromatic nitrogens is 2. The Morgan fingerprint density at radius 3 is 2.65 bits per heavy atom. The molecular weight excluding hydrogens is 293 g/mol. The lowest BCUT2D eigenvalue weighted by Gasteiger charge is -2.05. The third-order valence-electron chi connectivity index (χ3n) is 3.51. The van der Waals surface area contributed by atoms with E-state index in [1.807, 2.05) is 6.07 Å². The maximum absolute atomic E-state index is 13.0. The lowest BCUT2D eigenvalue weighted by atomic mass is 10.0. The Balaban J connectivity index is 1.99. The van der Waals surface area contributed by atoms with E-state index in [0.717, 1.165) is 5.56 Å². The number of carbonyl (C=O) groups is 1. The summed E-state index contributed by atoms with van der Waals surface area (Å²) in [6.07, 6.45) is 3.09. The topological polar surface area (TPSA) is 60.9 Å². The van der Waals surface area contributed by atoms with Crippen molar-refractivity contribution in [2.45, 2.75) is 0 Å². The van der Waals surface area contributed by atoms with Crippen molar-refractivity contribution in [2.75, 3.05) is 5.73 Å². The smallest absolute Gasteiger partial charge is 0.198 e. The SMILES string of the molecule is C=Cc1cccc(C(=O)c2cnn(-c3ccc(F)cc3)c2N)c1. The molecule has 0 unspecified atom stereocenters. The van der Waals surface area contributed by atoms with Crippen molar-refractivity contribution in [1.82, 2.24) is 9.78 Å². The van der Waals surface area contributed by atoms with Crippen LogP contribution in [0.5, 0.6) is 0 Å². The van der Waals surface area contributed by atoms with Crippen molar-refractivity contribution in [2.24, 2.45) is 0 Å². The molecule has 0 fully saturated rings. The molecule has 0 aliphatic carbocycles. The van der Waals surface area contributed by atoms with E-state index in [0.29, 0.717) is 16.8 Å². The number of nitrogens with zero attached hydrogens (tertiary/aromatic N) is 2. The Bertz CT molecular complexity index is 882. The van der Waals surface area contributed by atoms with Gasteiger partial charge in [0.25, 0.3) is 0 Å². The molecule has 0 atom stereocenters. The van der Waals surface area contributed by atoms with Gasteiger partial charge in [-0.3, -0.25) is 4.79 Å². The van der Waals surface area contributed by atoms with Gasteiger partial charge < -0.3 is 5.73 Å². The van der Waals surface area contributed by atoms with E-state index in [2.05, 4.69) is 11.7 Å². The predicted octanol–water partition coefficient (Wildman–Crippen LogP) is 3.47. The van der Waals surface area contributed by atoms with Crippen molar-refractivity contribution in [1.29, 1.82) is 0 Å². The molecule has 0 saturated carbocycles. The minimum Gasteiger partial charge on any atom is -0.383 e. The summed E-state index contributed by atoms with van der Waals surface area (Å²) in [5.41, 5.74) is 8.29. The fraction of sp³-hybridized carbons (Fsp3) is 0. The first kappa shape index (κ1) is 14.7. The molecule has 0 aliphatic rings. The molecule has 0 spiro atoms. The number of nitrogen functional groups attached to an aromatic ring is 1. The molecule has 4 nitrogen and oxygen atoms in total. The third kappa shape index (κ3) is 2.76. The second-order valence-electron chi connectivity index (χ2n) is 4.99. The lowest BCUT2D eigenvalue weighted by molar-refractivity contribution is 0.103. The van der Waals surface area contributed by atoms with Crippen LogP contribution in [0, 0.1) is 5.82 Å². The number of nitrogens with two attached hydrogens (primary N) is 1. The summed E-state index contributed by atoms with van der Waals surface area (Å²) in [5.74, 6) is -0.359. The molecule has 23 heavy (non-hydrogen) atoms. The molecule has 3 aromatic rings. The van der Waals surface area contributed by atoms with E-state index >= 15 is 0 Å². The van der Waals surface area contributed by atoms with Crippen LogP contribution in [0.4, 0.5) is 10.2 Å². The molecule has 5 heteroatoms. The van der Waals surface area contributed by atoms with Crippen molar-refractivity contribution >= 4 is 17.7 Å². The van der Waals surface area contributed by atoms with Gasteiger partial charge in [-0.15, -0.1) is 0 Å². The summed E-state index contributed by atoms with van der Waals surface area (Å²) in [6, 6.07) is 12.8. The van der Waals surface area contributed by atoms with E-state index in [4.69, 9.17) is 5.73 Å². The van der Waals surface area contributed by atoms with Crippen molar-refractivity contribution < 1.29 is 9.18 Å². The quantitative estimate of drug-likeness (QED) is 0.751. The predicted molar refractivity (Wildman–Crippen MR) is 87.9 cm³/mol. The van der Waals surface area contributed by atoms with Gasteiger partial charge in [-0.05, 0) is 35.9 Å². The van der Waals surface area contributed by atoms with E-state index in [-0.39, 0.29) is 17.4 Å². The van der Waals surface area contributed by atoms with Gasteiger partial charge in [-0.2, -0.15) is 5.10 Å². The van der Waals surface area contributed by atoms with Crippen LogP contribution >= 0.6 is 0 Å². The summed E-state index contributed by atoms with van der Waals surface area (Å²) in [5, 5.41) is 4.13. The summed E-state index contributed by atoms with van der Waals surface area (Å²) < 4.78 is 14.4. The minimum atomic E-state index is -0.350. The standard InChI is InChI=1S/C18H14FN3O/c1-2-12-4-3-5-13(10-12)17(23)16-11-21-22(18(16)20)15-8-6-14(19)7-9-15/h2-11H,1,20H2. The van der Waals surface area contributed by atoms with Crippen LogP contribution in [0.25, 0.3) is 11.8 Å². The molecule has 114 valence electrons. The molecule has 0 saturated heterocycles. The first-order valence-corrected chi connectivity index (χ1v) is 6.97. The van der Waals surface area contributed by atoms with Crippen LogP contribution in [0.1, 0.15) is 21.5 Å². The Morgan fingerprint density at radius 1 is 1.22 bits per heavy atom. The second-order valence-corrected chi connectivity index (χ2v) is 4.99. The number of rotatable bonds is 4. The number of ketones is 1. The maximum Gasteiger partial charge on any atom is 0.198 e. The molecule has 0 bridgehead atoms. The van der Waals surface area contributed by atoms with Crippen molar-refractivity contribution in [3.05, 3.63) is 83.8 Å². The lowest BCUT2D eigenvalue weighted by Crippen LogP contribution is -2.07. The highest BCUT2D eigenvalue weighted by Gasteiger charge is 2.17. The zero-order valence-corrected chi connectivity index (χ0v) is 12.2. The Labute approximate surface area is 132 Å². The van der Waals surface area contributed by atoms with Gasteiger partial charge in [0.1, 0.15) is 11.6 Å². The average Bonchev–Trinajstić information content (AvgIpc) is 2.96. The van der Waals surface area contributed by atoms with Crippen molar-refractivity contribution in [3.63, 3.8) is 0 Å². The normalized spacial score (nSPS) is 10.5. The first-order valence-electron chi connectivity index (χ1n) is 6.97. The third-order valence-corrected chi connectivity index (χ3v) is 3.51. The number of carbonyl (C=O) groups excluding carboxylic acids is 1. The highest BCUT2D eigenvalue weighted by molar-refractivity contribution is 6.11. The largest absolute Gasteiger partial charge is 0.383 e. The summed E-state index contributed by atoms with van der Waals surface area (Å²) in [4.78, 5) is 12.6. The minimum absolute atomic E-state index is 0.214. The Kier molecular flexibility index (Phi) is 3.76. The highest BCUT2D eigenvalue weighted by atomic mass is 19.1. The summed E-state index contributed by atoms with van der Waals surface area (Å²) in [6.45, 7) is 3.69. The van der Waals surface area contributed by atoms with E-state index in [9.17, 15) is 9.18 Å². The fourth-order valence-corrected chi connectivity index (χ4v) is 2.28. The van der Waals surface area contributed by atoms with Gasteiger partial charge in [0.2, 0.25) is 0 Å². The summed E-state index contributed by atoms with van der Waals surface area (Å²) >= 11 is 0. The van der Waals surface area contributed by atoms with Crippen LogP contribution in [-0.4, -0.2) is 15.6 Å². The van der Waals surface area contributed by atoms with Gasteiger partial charge in [0.15, 0.2) is 5.78 Å². The molecule has 0 amide bonds. The molecule has 2 N–H and O–H groups in total. The number of hydrogen-bond donors (Lipinski definition) is 1. The van der Waals surface area contributed by atoms with E-state index < -0.39 is 0 Å². The highest BCUT2D eigenvalue weighted by Crippen LogP contribution is 2.21. The number of hydrogen-bond acceptors (Lipinski definition) is 3. The first-order chi connectivity index (χ1) is 11.1. The zero-order valence-electron chi connectivity index (χ0n) is 12.2. The van der Waals surface area contributed by atoms with Gasteiger partial charge in [0, 0.05) is 5.56 Å². The van der Waals surface area contributed by atoms with Crippen LogP contribution in [0.3, 0.4) is 0 Å². The van der Waals surface area contributed by atoms with Crippen LogP contribution in [0.15, 0.2) is 61.3 Å². The van der Waals surface area contributed by atoms with Crippen molar-refractivity contribution in [3.8, 4) is 5.69 Å². The molecule has 0 radical (unpaired) electrons. The molecule has 0 aliphatic heterocycles. The van der Waals surface area contributed by atoms with Gasteiger partial charge in [0.05, 0.1) is 17.4 Å². The molecule has 3 rings (SSSR count). The number of halogens is 1. The monoisotopic (exact) mass is 307 g/mol. The molecule has 2 aromatic carbocycles. The van der Waals surface area contributed by atoms with E-state index in [1.165, 1.54) is 23.0 Å². The van der Waals surface area contributed by atoms with Gasteiger partial charge in [-0.25, -0.2) is 9.07 Å². The average molecular weight is 307 g/mol. The zero-order chi connectivity index (χ0) is 16.4. The Hall–Kier alpha value is -3.21. The van der Waals surface area contributed by atoms with Crippen LogP contribution < -0.4 is 5.73 Å². The molecule has 1 aromatic heterocycles. The van der Waals surface area contributed by atoms with Crippen LogP contribution in [0.2, 0.25) is 0 Å². The fourth-order valence-electron chi connectivity index (χ4n) is 2.28. The second kappa shape index (κ2) is 5.88. The van der Waals surface area contributed by atoms with Gasteiger partial charge in [-0.1, -0.05) is 30.9 Å². The van der Waals surface area contributed by atoms with Gasteiger partial charge >= 0.3 is 0 Å². The maximum atomic E-state index is 13.0. The van der Waals surface area contributed by atoms with Crippen LogP contribution in [-0.2, 0) is 0 Å². The number of anilines is 1. The molecular formula is C18H14FN3O. The molecule has 1 heterocycles. The summed E-state index contributed by atoms with van der Waals surface area (Å²) in [7, 11) is 0. The Morgan fingerprint density at radius 2 is 1.96 bits per heavy atom.